The van der Waals surface area contributed by atoms with Gasteiger partial charge in [-0.05, 0) is 98.0 Å². The van der Waals surface area contributed by atoms with Crippen LogP contribution >= 0.6 is 0 Å². The lowest BCUT2D eigenvalue weighted by Gasteiger charge is -2.65. The summed E-state index contributed by atoms with van der Waals surface area (Å²) >= 11 is 0. The third-order valence-electron chi connectivity index (χ3n) is 10.8. The number of fused-ring (bicyclic) bond motifs is 5. The van der Waals surface area contributed by atoms with E-state index in [1.54, 1.807) is 7.11 Å². The molecule has 3 nitrogen and oxygen atoms in total. The van der Waals surface area contributed by atoms with Crippen LogP contribution in [0.2, 0.25) is 0 Å². The highest BCUT2D eigenvalue weighted by Crippen LogP contribution is 2.68. The summed E-state index contributed by atoms with van der Waals surface area (Å²) in [5, 5.41) is 0. The molecular weight excluding hydrogens is 382 g/mol. The normalized spacial score (nSPS) is 46.5. The van der Waals surface area contributed by atoms with E-state index in [1.807, 2.05) is 24.3 Å². The van der Waals surface area contributed by atoms with Gasteiger partial charge in [0.25, 0.3) is 0 Å². The maximum Gasteiger partial charge on any atom is 0.166 e. The lowest BCUT2D eigenvalue weighted by molar-refractivity contribution is -0.128. The molecule has 5 rings (SSSR count). The third-order valence-corrected chi connectivity index (χ3v) is 10.8. The van der Waals surface area contributed by atoms with Crippen LogP contribution in [-0.2, 0) is 0 Å². The molecule has 2 unspecified atom stereocenters. The fourth-order valence-corrected chi connectivity index (χ4v) is 9.10. The first-order valence-corrected chi connectivity index (χ1v) is 12.7. The van der Waals surface area contributed by atoms with Crippen molar-refractivity contribution in [2.75, 3.05) is 7.11 Å². The van der Waals surface area contributed by atoms with Gasteiger partial charge in [-0.3, -0.25) is 4.79 Å². The number of hydrogen-bond acceptors (Lipinski definition) is 3. The van der Waals surface area contributed by atoms with Crippen LogP contribution in [0.25, 0.3) is 0 Å². The van der Waals surface area contributed by atoms with Crippen LogP contribution in [0, 0.1) is 40.4 Å². The Hall–Kier alpha value is -1.35. The van der Waals surface area contributed by atoms with Crippen molar-refractivity contribution in [3.8, 4) is 5.75 Å². The highest BCUT2D eigenvalue weighted by atomic mass is 16.5. The minimum Gasteiger partial charge on any atom is -0.497 e. The highest BCUT2D eigenvalue weighted by molar-refractivity contribution is 5.99. The Morgan fingerprint density at radius 1 is 1.00 bits per heavy atom. The zero-order valence-electron chi connectivity index (χ0n) is 20.0. The van der Waals surface area contributed by atoms with E-state index in [9.17, 15) is 4.79 Å². The average Bonchev–Trinajstić information content (AvgIpc) is 3.12. The lowest BCUT2D eigenvalue weighted by Crippen LogP contribution is -2.68. The molecule has 1 aromatic carbocycles. The maximum atomic E-state index is 13.7. The Labute approximate surface area is 188 Å². The summed E-state index contributed by atoms with van der Waals surface area (Å²) in [6.07, 6.45) is 11.0. The second kappa shape index (κ2) is 7.33. The molecule has 3 heteroatoms. The van der Waals surface area contributed by atoms with Crippen molar-refractivity contribution in [2.45, 2.75) is 84.1 Å². The molecule has 1 aromatic rings. The number of rotatable bonds is 3. The standard InChI is InChI=1S/C28H41NO2/c1-18-10-13-26(2)20(16-18)11-15-28(29)23-9-8-22(27(23,3)14-12-24(26)28)25(30)19-6-5-7-21(17-19)31-4/h5-7,17-18,20,22-24H,8-16,29H2,1-4H3/t18-,20+,22+,23?,24?,26-,27+,28+/m0/s1. The molecule has 2 N–H and O–H groups in total. The van der Waals surface area contributed by atoms with E-state index in [1.165, 1.54) is 32.1 Å². The fourth-order valence-electron chi connectivity index (χ4n) is 9.10. The van der Waals surface area contributed by atoms with Crippen LogP contribution in [0.5, 0.6) is 5.75 Å². The molecule has 0 amide bonds. The molecular formula is C28H41NO2. The lowest BCUT2D eigenvalue weighted by atomic mass is 9.41. The van der Waals surface area contributed by atoms with Crippen LogP contribution in [0.4, 0.5) is 0 Å². The summed E-state index contributed by atoms with van der Waals surface area (Å²) in [5.74, 6) is 3.96. The number of hydrogen-bond donors (Lipinski definition) is 1. The fraction of sp³-hybridized carbons (Fsp3) is 0.750. The summed E-state index contributed by atoms with van der Waals surface area (Å²) in [4.78, 5) is 13.7. The number of nitrogens with two attached hydrogens (primary N) is 1. The molecule has 4 aliphatic carbocycles. The molecule has 0 saturated heterocycles. The second-order valence-electron chi connectivity index (χ2n) is 12.1. The van der Waals surface area contributed by atoms with Gasteiger partial charge in [0.05, 0.1) is 7.11 Å². The van der Waals surface area contributed by atoms with Crippen LogP contribution in [0.1, 0.15) is 88.9 Å². The van der Waals surface area contributed by atoms with Gasteiger partial charge < -0.3 is 10.5 Å². The molecule has 4 aliphatic rings. The number of benzene rings is 1. The highest BCUT2D eigenvalue weighted by Gasteiger charge is 2.66. The molecule has 8 atom stereocenters. The quantitative estimate of drug-likeness (QED) is 0.584. The number of ketones is 1. The predicted octanol–water partition coefficient (Wildman–Crippen LogP) is 6.25. The van der Waals surface area contributed by atoms with Gasteiger partial charge in [0.15, 0.2) is 5.78 Å². The van der Waals surface area contributed by atoms with E-state index in [2.05, 4.69) is 20.8 Å². The van der Waals surface area contributed by atoms with Gasteiger partial charge in [-0.15, -0.1) is 0 Å². The van der Waals surface area contributed by atoms with Gasteiger partial charge in [-0.1, -0.05) is 39.3 Å². The molecule has 0 radical (unpaired) electrons. The predicted molar refractivity (Wildman–Crippen MR) is 125 cm³/mol. The van der Waals surface area contributed by atoms with Crippen molar-refractivity contribution in [1.29, 1.82) is 0 Å². The Morgan fingerprint density at radius 2 is 1.74 bits per heavy atom. The topological polar surface area (TPSA) is 52.3 Å². The van der Waals surface area contributed by atoms with Gasteiger partial charge in [-0.25, -0.2) is 0 Å². The van der Waals surface area contributed by atoms with E-state index < -0.39 is 0 Å². The molecule has 0 spiro atoms. The van der Waals surface area contributed by atoms with E-state index >= 15 is 0 Å². The van der Waals surface area contributed by atoms with Crippen LogP contribution in [0.3, 0.4) is 0 Å². The second-order valence-corrected chi connectivity index (χ2v) is 12.1. The van der Waals surface area contributed by atoms with E-state index in [0.717, 1.165) is 48.8 Å². The van der Waals surface area contributed by atoms with Gasteiger partial charge in [0.2, 0.25) is 0 Å². The minimum atomic E-state index is -0.0950. The molecule has 31 heavy (non-hydrogen) atoms. The first kappa shape index (κ1) is 21.5. The van der Waals surface area contributed by atoms with Crippen LogP contribution < -0.4 is 10.5 Å². The summed E-state index contributed by atoms with van der Waals surface area (Å²) < 4.78 is 5.38. The first-order chi connectivity index (χ1) is 14.7. The summed E-state index contributed by atoms with van der Waals surface area (Å²) in [5.41, 5.74) is 8.61. The number of ether oxygens (including phenoxy) is 1. The van der Waals surface area contributed by atoms with Gasteiger partial charge in [0, 0.05) is 17.0 Å². The molecule has 170 valence electrons. The summed E-state index contributed by atoms with van der Waals surface area (Å²) in [7, 11) is 1.67. The van der Waals surface area contributed by atoms with E-state index in [4.69, 9.17) is 10.5 Å². The van der Waals surface area contributed by atoms with E-state index in [0.29, 0.717) is 23.0 Å². The van der Waals surface area contributed by atoms with Gasteiger partial charge in [-0.2, -0.15) is 0 Å². The van der Waals surface area contributed by atoms with Crippen molar-refractivity contribution in [2.24, 2.45) is 46.2 Å². The SMILES string of the molecule is COc1cccc(C(=O)[C@H]2CCC3[C@]4(N)CC[C@@H]5C[C@@H](C)CC[C@]5(C)C4CC[C@@]32C)c1. The zero-order chi connectivity index (χ0) is 22.0. The molecule has 0 aromatic heterocycles. The van der Waals surface area contributed by atoms with Gasteiger partial charge in [0.1, 0.15) is 5.75 Å². The molecule has 4 saturated carbocycles. The first-order valence-electron chi connectivity index (χ1n) is 12.7. The van der Waals surface area contributed by atoms with Crippen molar-refractivity contribution in [3.05, 3.63) is 29.8 Å². The average molecular weight is 424 g/mol. The Morgan fingerprint density at radius 3 is 2.52 bits per heavy atom. The monoisotopic (exact) mass is 423 g/mol. The largest absolute Gasteiger partial charge is 0.497 e. The minimum absolute atomic E-state index is 0.0244. The number of methoxy groups -OCH3 is 1. The van der Waals surface area contributed by atoms with Crippen molar-refractivity contribution in [1.82, 2.24) is 0 Å². The smallest absolute Gasteiger partial charge is 0.166 e. The number of Topliss-reactive ketones (excluding diaryl/α,β-unsaturated/α-hetero) is 1. The Kier molecular flexibility index (Phi) is 5.08. The van der Waals surface area contributed by atoms with Crippen LogP contribution in [0.15, 0.2) is 24.3 Å². The molecule has 0 heterocycles. The molecule has 4 fully saturated rings. The molecule has 0 bridgehead atoms. The summed E-state index contributed by atoms with van der Waals surface area (Å²) in [6, 6.07) is 7.73. The number of carbonyl (C=O) groups excluding carboxylic acids is 1. The summed E-state index contributed by atoms with van der Waals surface area (Å²) in [6.45, 7) is 7.41. The van der Waals surface area contributed by atoms with Gasteiger partial charge >= 0.3 is 0 Å². The van der Waals surface area contributed by atoms with Crippen molar-refractivity contribution in [3.63, 3.8) is 0 Å². The van der Waals surface area contributed by atoms with Crippen molar-refractivity contribution < 1.29 is 9.53 Å². The molecule has 0 aliphatic heterocycles. The van der Waals surface area contributed by atoms with E-state index in [-0.39, 0.29) is 16.9 Å². The van der Waals surface area contributed by atoms with Crippen LogP contribution in [-0.4, -0.2) is 18.4 Å². The number of carbonyl (C=O) groups is 1. The van der Waals surface area contributed by atoms with Crippen molar-refractivity contribution >= 4 is 5.78 Å². The Balaban J connectivity index is 1.44. The Bertz CT molecular complexity index is 866. The third kappa shape index (κ3) is 3.05. The zero-order valence-corrected chi connectivity index (χ0v) is 20.0. The maximum absolute atomic E-state index is 13.7.